The number of sulfonamides is 2. The van der Waals surface area contributed by atoms with Gasteiger partial charge in [-0.2, -0.15) is 8.61 Å². The minimum atomic E-state index is -3.80. The highest BCUT2D eigenvalue weighted by Crippen LogP contribution is 2.31. The molecule has 0 bridgehead atoms. The van der Waals surface area contributed by atoms with Crippen LogP contribution in [0.3, 0.4) is 0 Å². The second-order valence-electron chi connectivity index (χ2n) is 8.06. The van der Waals surface area contributed by atoms with Gasteiger partial charge in [-0.3, -0.25) is 0 Å². The van der Waals surface area contributed by atoms with Crippen molar-refractivity contribution in [3.8, 4) is 0 Å². The average molecular weight is 505 g/mol. The largest absolute Gasteiger partial charge is 0.243 e. The molecule has 0 aliphatic carbocycles. The second kappa shape index (κ2) is 8.65. The van der Waals surface area contributed by atoms with Gasteiger partial charge in [-0.25, -0.2) is 16.8 Å². The summed E-state index contributed by atoms with van der Waals surface area (Å²) in [5.74, 6) is 0. The van der Waals surface area contributed by atoms with Crippen LogP contribution in [0.5, 0.6) is 0 Å². The molecule has 3 rings (SSSR count). The van der Waals surface area contributed by atoms with Gasteiger partial charge in [0.1, 0.15) is 0 Å². The Morgan fingerprint density at radius 2 is 1.19 bits per heavy atom. The minimum absolute atomic E-state index is 0.0638. The summed E-state index contributed by atoms with van der Waals surface area (Å²) in [6.45, 7) is 8.83. The molecule has 1 aliphatic heterocycles. The topological polar surface area (TPSA) is 74.8 Å². The fraction of sp³-hybridized carbons (Fsp3) is 0.429. The van der Waals surface area contributed by atoms with E-state index in [4.69, 9.17) is 23.2 Å². The molecule has 0 spiro atoms. The number of hydrogen-bond donors (Lipinski definition) is 0. The van der Waals surface area contributed by atoms with Gasteiger partial charge in [-0.15, -0.1) is 0 Å². The van der Waals surface area contributed by atoms with E-state index in [0.717, 1.165) is 0 Å². The van der Waals surface area contributed by atoms with E-state index in [1.165, 1.54) is 8.61 Å². The van der Waals surface area contributed by atoms with E-state index in [1.807, 2.05) is 0 Å². The number of rotatable bonds is 4. The zero-order valence-corrected chi connectivity index (χ0v) is 21.3. The average Bonchev–Trinajstić information content (AvgIpc) is 2.66. The Kier molecular flexibility index (Phi) is 6.83. The fourth-order valence-corrected chi connectivity index (χ4v) is 7.96. The first-order valence-electron chi connectivity index (χ1n) is 9.82. The van der Waals surface area contributed by atoms with E-state index in [9.17, 15) is 16.8 Å². The van der Waals surface area contributed by atoms with E-state index < -0.39 is 26.1 Å². The van der Waals surface area contributed by atoms with Crippen molar-refractivity contribution in [1.82, 2.24) is 8.61 Å². The summed E-state index contributed by atoms with van der Waals surface area (Å²) in [7, 11) is -7.58. The minimum Gasteiger partial charge on any atom is -0.207 e. The Balaban J connectivity index is 1.90. The van der Waals surface area contributed by atoms with Gasteiger partial charge < -0.3 is 0 Å². The van der Waals surface area contributed by atoms with Gasteiger partial charge in [0, 0.05) is 35.7 Å². The molecule has 0 radical (unpaired) electrons. The Morgan fingerprint density at radius 3 is 1.65 bits per heavy atom. The van der Waals surface area contributed by atoms with E-state index in [2.05, 4.69) is 0 Å². The predicted octanol–water partition coefficient (Wildman–Crippen LogP) is 4.31. The van der Waals surface area contributed by atoms with Gasteiger partial charge >= 0.3 is 0 Å². The van der Waals surface area contributed by atoms with Crippen molar-refractivity contribution in [2.24, 2.45) is 0 Å². The molecule has 1 heterocycles. The van der Waals surface area contributed by atoms with Crippen molar-refractivity contribution in [3.63, 3.8) is 0 Å². The summed E-state index contributed by atoms with van der Waals surface area (Å²) in [6, 6.07) is 5.89. The van der Waals surface area contributed by atoms with Gasteiger partial charge in [0.2, 0.25) is 20.0 Å². The maximum Gasteiger partial charge on any atom is 0.243 e. The fourth-order valence-electron chi connectivity index (χ4n) is 3.81. The van der Waals surface area contributed by atoms with Crippen LogP contribution in [-0.4, -0.2) is 51.1 Å². The zero-order chi connectivity index (χ0) is 23.3. The van der Waals surface area contributed by atoms with E-state index >= 15 is 0 Å². The van der Waals surface area contributed by atoms with E-state index in [-0.39, 0.29) is 29.4 Å². The molecule has 1 fully saturated rings. The van der Waals surface area contributed by atoms with Gasteiger partial charge in [0.25, 0.3) is 0 Å². The van der Waals surface area contributed by atoms with Crippen molar-refractivity contribution in [2.45, 2.75) is 50.5 Å². The van der Waals surface area contributed by atoms with Crippen LogP contribution >= 0.6 is 23.2 Å². The molecule has 0 saturated carbocycles. The van der Waals surface area contributed by atoms with E-state index in [0.29, 0.717) is 32.3 Å². The van der Waals surface area contributed by atoms with Gasteiger partial charge in [0.15, 0.2) is 0 Å². The lowest BCUT2D eigenvalue weighted by molar-refractivity contribution is 0.212. The molecule has 1 saturated heterocycles. The molecule has 1 atom stereocenters. The summed E-state index contributed by atoms with van der Waals surface area (Å²) < 4.78 is 56.0. The monoisotopic (exact) mass is 504 g/mol. The number of piperazine rings is 1. The maximum atomic E-state index is 13.3. The molecule has 2 aromatic carbocycles. The Morgan fingerprint density at radius 1 is 0.742 bits per heavy atom. The molecular weight excluding hydrogens is 479 g/mol. The Labute approximate surface area is 194 Å². The quantitative estimate of drug-likeness (QED) is 0.621. The molecular formula is C21H26Cl2N2O4S2. The van der Waals surface area contributed by atoms with Gasteiger partial charge in [0.05, 0.1) is 9.79 Å². The first kappa shape index (κ1) is 24.5. The first-order valence-corrected chi connectivity index (χ1v) is 13.5. The predicted molar refractivity (Wildman–Crippen MR) is 124 cm³/mol. The summed E-state index contributed by atoms with van der Waals surface area (Å²) >= 11 is 12.2. The Hall–Kier alpha value is -1.16. The van der Waals surface area contributed by atoms with Crippen molar-refractivity contribution < 1.29 is 16.8 Å². The highest BCUT2D eigenvalue weighted by Gasteiger charge is 2.39. The van der Waals surface area contributed by atoms with Crippen molar-refractivity contribution in [3.05, 3.63) is 56.6 Å². The summed E-state index contributed by atoms with van der Waals surface area (Å²) in [5, 5.41) is 1.02. The Bertz CT molecular complexity index is 1240. The third-order valence-electron chi connectivity index (χ3n) is 5.65. The maximum absolute atomic E-state index is 13.3. The van der Waals surface area contributed by atoms with Crippen LogP contribution in [0.25, 0.3) is 0 Å². The summed E-state index contributed by atoms with van der Waals surface area (Å²) in [5.41, 5.74) is 2.47. The number of nitrogens with zero attached hydrogens (tertiary/aromatic N) is 2. The van der Waals surface area contributed by atoms with Crippen LogP contribution in [0, 0.1) is 27.7 Å². The zero-order valence-electron chi connectivity index (χ0n) is 18.1. The smallest absolute Gasteiger partial charge is 0.207 e. The molecule has 31 heavy (non-hydrogen) atoms. The number of halogens is 2. The molecule has 10 heteroatoms. The van der Waals surface area contributed by atoms with Crippen molar-refractivity contribution in [2.75, 3.05) is 19.6 Å². The molecule has 0 unspecified atom stereocenters. The van der Waals surface area contributed by atoms with Gasteiger partial charge in [-0.05, 0) is 81.1 Å². The molecule has 0 aromatic heterocycles. The summed E-state index contributed by atoms with van der Waals surface area (Å²) in [4.78, 5) is 0.392. The second-order valence-corrected chi connectivity index (χ2v) is 12.6. The highest BCUT2D eigenvalue weighted by atomic mass is 35.5. The number of benzene rings is 2. The van der Waals surface area contributed by atoms with Crippen molar-refractivity contribution in [1.29, 1.82) is 0 Å². The summed E-state index contributed by atoms with van der Waals surface area (Å²) in [6.07, 6.45) is 0. The SMILES string of the molecule is Cc1cc(S(=O)(=O)N2CCN(S(=O)(=O)c3cc(C)c(Cl)cc3C)[C@@H](C)C2)c(C)cc1Cl. The van der Waals surface area contributed by atoms with Crippen LogP contribution in [0.2, 0.25) is 10.0 Å². The lowest BCUT2D eigenvalue weighted by atomic mass is 10.2. The molecule has 170 valence electrons. The van der Waals surface area contributed by atoms with Crippen LogP contribution in [0.15, 0.2) is 34.1 Å². The third kappa shape index (κ3) is 4.51. The molecule has 6 nitrogen and oxygen atoms in total. The molecule has 0 N–H and O–H groups in total. The third-order valence-corrected chi connectivity index (χ3v) is 10.6. The molecule has 2 aromatic rings. The lowest BCUT2D eigenvalue weighted by Crippen LogP contribution is -2.55. The van der Waals surface area contributed by atoms with Crippen molar-refractivity contribution >= 4 is 43.2 Å². The van der Waals surface area contributed by atoms with Crippen LogP contribution < -0.4 is 0 Å². The van der Waals surface area contributed by atoms with Gasteiger partial charge in [-0.1, -0.05) is 23.2 Å². The van der Waals surface area contributed by atoms with Crippen LogP contribution in [0.4, 0.5) is 0 Å². The van der Waals surface area contributed by atoms with Crippen LogP contribution in [0.1, 0.15) is 29.2 Å². The van der Waals surface area contributed by atoms with Crippen LogP contribution in [-0.2, 0) is 20.0 Å². The number of hydrogen-bond acceptors (Lipinski definition) is 4. The standard InChI is InChI=1S/C21H26Cl2N2O4S2/c1-13-10-20(15(3)8-18(13)22)30(26,27)24-6-7-25(17(5)12-24)31(28,29)21-11-14(2)19(23)9-16(21)4/h8-11,17H,6-7,12H2,1-5H3/t17-/m0/s1. The highest BCUT2D eigenvalue weighted by molar-refractivity contribution is 7.89. The number of aryl methyl sites for hydroxylation is 4. The normalized spacial score (nSPS) is 19.0. The van der Waals surface area contributed by atoms with E-state index in [1.54, 1.807) is 58.9 Å². The molecule has 1 aliphatic rings. The molecule has 0 amide bonds. The first-order chi connectivity index (χ1) is 14.3. The lowest BCUT2D eigenvalue weighted by Gasteiger charge is -2.38.